The Labute approximate surface area is 102 Å². The predicted molar refractivity (Wildman–Crippen MR) is 64.9 cm³/mol. The van der Waals surface area contributed by atoms with E-state index in [9.17, 15) is 4.79 Å². The van der Waals surface area contributed by atoms with Crippen molar-refractivity contribution >= 4 is 5.97 Å². The van der Waals surface area contributed by atoms with Crippen molar-refractivity contribution in [1.82, 2.24) is 14.9 Å². The van der Waals surface area contributed by atoms with Crippen molar-refractivity contribution < 1.29 is 9.90 Å². The van der Waals surface area contributed by atoms with E-state index in [4.69, 9.17) is 5.11 Å². The van der Waals surface area contributed by atoms with Crippen molar-refractivity contribution in [3.63, 3.8) is 0 Å². The molecular formula is C12H19N3O2. The highest BCUT2D eigenvalue weighted by Crippen LogP contribution is 2.08. The molecule has 0 aromatic carbocycles. The molecule has 0 unspecified atom stereocenters. The lowest BCUT2D eigenvalue weighted by atomic mass is 10.2. The predicted octanol–water partition coefficient (Wildman–Crippen LogP) is 1.80. The third-order valence-corrected chi connectivity index (χ3v) is 2.48. The molecule has 0 amide bonds. The number of hydrogen-bond donors (Lipinski definition) is 1. The van der Waals surface area contributed by atoms with Gasteiger partial charge in [0.15, 0.2) is 0 Å². The Morgan fingerprint density at radius 1 is 1.35 bits per heavy atom. The minimum Gasteiger partial charge on any atom is -0.478 e. The lowest BCUT2D eigenvalue weighted by Crippen LogP contribution is -2.26. The fourth-order valence-electron chi connectivity index (χ4n) is 1.77. The van der Waals surface area contributed by atoms with E-state index in [2.05, 4.69) is 28.7 Å². The molecule has 0 spiro atoms. The van der Waals surface area contributed by atoms with E-state index >= 15 is 0 Å². The SMILES string of the molecule is CCCN(CCC)Cc1ncncc1C(=O)O. The summed E-state index contributed by atoms with van der Waals surface area (Å²) in [7, 11) is 0. The van der Waals surface area contributed by atoms with Crippen molar-refractivity contribution in [2.45, 2.75) is 33.2 Å². The maximum Gasteiger partial charge on any atom is 0.339 e. The molecule has 0 bridgehead atoms. The van der Waals surface area contributed by atoms with Crippen LogP contribution in [0, 0.1) is 0 Å². The third-order valence-electron chi connectivity index (χ3n) is 2.48. The van der Waals surface area contributed by atoms with Crippen LogP contribution in [0.1, 0.15) is 42.7 Å². The highest BCUT2D eigenvalue weighted by atomic mass is 16.4. The standard InChI is InChI=1S/C12H19N3O2/c1-3-5-15(6-4-2)8-11-10(12(16)17)7-13-9-14-11/h7,9H,3-6,8H2,1-2H3,(H,16,17). The fraction of sp³-hybridized carbons (Fsp3) is 0.583. The zero-order valence-corrected chi connectivity index (χ0v) is 10.4. The maximum atomic E-state index is 11.0. The summed E-state index contributed by atoms with van der Waals surface area (Å²) in [6.07, 6.45) is 4.86. The first kappa shape index (κ1) is 13.6. The van der Waals surface area contributed by atoms with E-state index in [1.54, 1.807) is 0 Å². The van der Waals surface area contributed by atoms with Crippen LogP contribution >= 0.6 is 0 Å². The van der Waals surface area contributed by atoms with Crippen LogP contribution in [-0.4, -0.2) is 39.0 Å². The second kappa shape index (κ2) is 6.96. The van der Waals surface area contributed by atoms with Crippen molar-refractivity contribution in [2.24, 2.45) is 0 Å². The number of aromatic carboxylic acids is 1. The average molecular weight is 237 g/mol. The maximum absolute atomic E-state index is 11.0. The number of nitrogens with zero attached hydrogens (tertiary/aromatic N) is 3. The molecule has 1 aromatic heterocycles. The van der Waals surface area contributed by atoms with Crippen LogP contribution in [0.15, 0.2) is 12.5 Å². The van der Waals surface area contributed by atoms with Gasteiger partial charge >= 0.3 is 5.97 Å². The van der Waals surface area contributed by atoms with Crippen LogP contribution in [0.3, 0.4) is 0 Å². The van der Waals surface area contributed by atoms with E-state index in [-0.39, 0.29) is 5.56 Å². The van der Waals surface area contributed by atoms with Gasteiger partial charge in [0, 0.05) is 12.7 Å². The van der Waals surface area contributed by atoms with Gasteiger partial charge in [0.25, 0.3) is 0 Å². The van der Waals surface area contributed by atoms with Crippen LogP contribution in [-0.2, 0) is 6.54 Å². The molecule has 0 saturated heterocycles. The van der Waals surface area contributed by atoms with E-state index in [1.807, 2.05) is 0 Å². The molecule has 0 aliphatic carbocycles. The van der Waals surface area contributed by atoms with Crippen molar-refractivity contribution in [2.75, 3.05) is 13.1 Å². The molecule has 0 aliphatic heterocycles. The Hall–Kier alpha value is -1.49. The summed E-state index contributed by atoms with van der Waals surface area (Å²) in [5, 5.41) is 9.04. The summed E-state index contributed by atoms with van der Waals surface area (Å²) in [5.74, 6) is -0.964. The fourth-order valence-corrected chi connectivity index (χ4v) is 1.77. The largest absolute Gasteiger partial charge is 0.478 e. The van der Waals surface area contributed by atoms with Crippen molar-refractivity contribution in [1.29, 1.82) is 0 Å². The highest BCUT2D eigenvalue weighted by molar-refractivity contribution is 5.88. The van der Waals surface area contributed by atoms with Gasteiger partial charge in [0.2, 0.25) is 0 Å². The van der Waals surface area contributed by atoms with Crippen molar-refractivity contribution in [3.8, 4) is 0 Å². The molecule has 5 heteroatoms. The molecule has 1 N–H and O–H groups in total. The van der Waals surface area contributed by atoms with Crippen LogP contribution in [0.5, 0.6) is 0 Å². The Bertz CT molecular complexity index is 363. The van der Waals surface area contributed by atoms with Crippen LogP contribution in [0.25, 0.3) is 0 Å². The van der Waals surface area contributed by atoms with Crippen LogP contribution < -0.4 is 0 Å². The molecule has 0 atom stereocenters. The van der Waals surface area contributed by atoms with Crippen LogP contribution in [0.4, 0.5) is 0 Å². The van der Waals surface area contributed by atoms with E-state index < -0.39 is 5.97 Å². The van der Waals surface area contributed by atoms with Gasteiger partial charge in [-0.25, -0.2) is 14.8 Å². The van der Waals surface area contributed by atoms with Gasteiger partial charge in [-0.05, 0) is 25.9 Å². The molecule has 0 fully saturated rings. The molecule has 17 heavy (non-hydrogen) atoms. The van der Waals surface area contributed by atoms with Gasteiger partial charge in [0.05, 0.1) is 5.69 Å². The molecule has 0 radical (unpaired) electrons. The van der Waals surface area contributed by atoms with Gasteiger partial charge < -0.3 is 5.11 Å². The number of hydrogen-bond acceptors (Lipinski definition) is 4. The van der Waals surface area contributed by atoms with Gasteiger partial charge in [-0.2, -0.15) is 0 Å². The molecule has 94 valence electrons. The summed E-state index contributed by atoms with van der Waals surface area (Å²) < 4.78 is 0. The normalized spacial score (nSPS) is 10.8. The zero-order valence-electron chi connectivity index (χ0n) is 10.4. The van der Waals surface area contributed by atoms with Gasteiger partial charge in [-0.3, -0.25) is 4.90 Å². The Balaban J connectivity index is 2.80. The molecular weight excluding hydrogens is 218 g/mol. The lowest BCUT2D eigenvalue weighted by Gasteiger charge is -2.20. The molecule has 5 nitrogen and oxygen atoms in total. The van der Waals surface area contributed by atoms with Crippen LogP contribution in [0.2, 0.25) is 0 Å². The van der Waals surface area contributed by atoms with Gasteiger partial charge in [0.1, 0.15) is 11.9 Å². The minimum absolute atomic E-state index is 0.199. The summed E-state index contributed by atoms with van der Waals surface area (Å²) in [5.41, 5.74) is 0.791. The first-order valence-electron chi connectivity index (χ1n) is 5.93. The average Bonchev–Trinajstić information content (AvgIpc) is 2.30. The smallest absolute Gasteiger partial charge is 0.339 e. The van der Waals surface area contributed by atoms with E-state index in [0.717, 1.165) is 25.9 Å². The first-order chi connectivity index (χ1) is 8.19. The van der Waals surface area contributed by atoms with E-state index in [0.29, 0.717) is 12.2 Å². The first-order valence-corrected chi connectivity index (χ1v) is 5.93. The van der Waals surface area contributed by atoms with E-state index in [1.165, 1.54) is 12.5 Å². The number of carbonyl (C=O) groups is 1. The number of aromatic nitrogens is 2. The molecule has 1 aromatic rings. The Kier molecular flexibility index (Phi) is 5.56. The number of carboxylic acid groups (broad SMARTS) is 1. The molecule has 1 rings (SSSR count). The summed E-state index contributed by atoms with van der Waals surface area (Å²) >= 11 is 0. The quantitative estimate of drug-likeness (QED) is 0.783. The minimum atomic E-state index is -0.964. The second-order valence-electron chi connectivity index (χ2n) is 3.96. The molecule has 0 aliphatic rings. The number of rotatable bonds is 7. The summed E-state index contributed by atoms with van der Waals surface area (Å²) in [4.78, 5) is 21.1. The zero-order chi connectivity index (χ0) is 12.7. The highest BCUT2D eigenvalue weighted by Gasteiger charge is 2.14. The Morgan fingerprint density at radius 3 is 2.53 bits per heavy atom. The third kappa shape index (κ3) is 4.11. The van der Waals surface area contributed by atoms with Crippen molar-refractivity contribution in [3.05, 3.63) is 23.8 Å². The lowest BCUT2D eigenvalue weighted by molar-refractivity contribution is 0.0693. The van der Waals surface area contributed by atoms with Gasteiger partial charge in [-0.15, -0.1) is 0 Å². The summed E-state index contributed by atoms with van der Waals surface area (Å²) in [6, 6.07) is 0. The molecule has 1 heterocycles. The topological polar surface area (TPSA) is 66.3 Å². The summed E-state index contributed by atoms with van der Waals surface area (Å²) in [6.45, 7) is 6.71. The number of carboxylic acids is 1. The monoisotopic (exact) mass is 237 g/mol. The van der Waals surface area contributed by atoms with Gasteiger partial charge in [-0.1, -0.05) is 13.8 Å². The second-order valence-corrected chi connectivity index (χ2v) is 3.96. The Morgan fingerprint density at radius 2 is 2.00 bits per heavy atom. The molecule has 0 saturated carbocycles.